The van der Waals surface area contributed by atoms with E-state index in [1.165, 1.54) is 37.2 Å². The van der Waals surface area contributed by atoms with Gasteiger partial charge < -0.3 is 10.4 Å². The third-order valence-corrected chi connectivity index (χ3v) is 5.81. The Kier molecular flexibility index (Phi) is 7.66. The lowest BCUT2D eigenvalue weighted by atomic mass is 9.86. The first kappa shape index (κ1) is 16.3. The van der Waals surface area contributed by atoms with E-state index < -0.39 is 0 Å². The van der Waals surface area contributed by atoms with Crippen molar-refractivity contribution in [2.45, 2.75) is 58.4 Å². The molecule has 1 fully saturated rings. The van der Waals surface area contributed by atoms with Crippen LogP contribution in [0.25, 0.3) is 0 Å². The second kappa shape index (κ2) is 8.44. The minimum Gasteiger partial charge on any atom is -0.394 e. The van der Waals surface area contributed by atoms with E-state index in [9.17, 15) is 5.11 Å². The topological polar surface area (TPSA) is 32.3 Å². The maximum absolute atomic E-state index is 9.73. The maximum atomic E-state index is 9.73. The molecule has 3 heteroatoms. The van der Waals surface area contributed by atoms with Gasteiger partial charge in [0.2, 0.25) is 0 Å². The van der Waals surface area contributed by atoms with Crippen LogP contribution < -0.4 is 5.32 Å². The van der Waals surface area contributed by atoms with E-state index >= 15 is 0 Å². The summed E-state index contributed by atoms with van der Waals surface area (Å²) in [7, 11) is 0. The molecule has 2 nitrogen and oxygen atoms in total. The molecular weight excluding hydrogens is 242 g/mol. The van der Waals surface area contributed by atoms with Gasteiger partial charge in [-0.25, -0.2) is 0 Å². The predicted octanol–water partition coefficient (Wildman–Crippen LogP) is 3.30. The Balaban J connectivity index is 2.31. The summed E-state index contributed by atoms with van der Waals surface area (Å²) in [6.07, 6.45) is 6.26. The Morgan fingerprint density at radius 1 is 1.44 bits per heavy atom. The van der Waals surface area contributed by atoms with Gasteiger partial charge in [-0.2, -0.15) is 11.8 Å². The number of hydrogen-bond donors (Lipinski definition) is 2. The molecule has 0 saturated heterocycles. The normalized spacial score (nSPS) is 29.7. The molecule has 0 aliphatic heterocycles. The summed E-state index contributed by atoms with van der Waals surface area (Å²) in [5, 5.41) is 13.3. The Morgan fingerprint density at radius 3 is 2.83 bits per heavy atom. The summed E-state index contributed by atoms with van der Waals surface area (Å²) in [6, 6.07) is 0. The number of likely N-dealkylation sites (N-methyl/N-ethyl adjacent to an activating group) is 1. The Hall–Kier alpha value is 0.270. The first-order valence-corrected chi connectivity index (χ1v) is 8.77. The van der Waals surface area contributed by atoms with Crippen LogP contribution in [0.2, 0.25) is 0 Å². The highest BCUT2D eigenvalue weighted by Gasteiger charge is 2.40. The summed E-state index contributed by atoms with van der Waals surface area (Å²) in [5.41, 5.74) is 0.0334. The number of nitrogens with one attached hydrogen (secondary N) is 1. The van der Waals surface area contributed by atoms with E-state index in [0.717, 1.165) is 18.9 Å². The molecule has 2 N–H and O–H groups in total. The van der Waals surface area contributed by atoms with Gasteiger partial charge in [0.05, 0.1) is 6.61 Å². The molecule has 0 aromatic heterocycles. The van der Waals surface area contributed by atoms with Crippen LogP contribution >= 0.6 is 11.8 Å². The molecule has 0 aromatic carbocycles. The lowest BCUT2D eigenvalue weighted by molar-refractivity contribution is 0.124. The number of hydrogen-bond acceptors (Lipinski definition) is 3. The van der Waals surface area contributed by atoms with Gasteiger partial charge in [0.15, 0.2) is 0 Å². The van der Waals surface area contributed by atoms with E-state index in [1.54, 1.807) is 0 Å². The molecule has 0 aromatic rings. The van der Waals surface area contributed by atoms with Crippen molar-refractivity contribution in [3.8, 4) is 0 Å². The number of aliphatic hydroxyl groups is 1. The Morgan fingerprint density at radius 2 is 2.22 bits per heavy atom. The van der Waals surface area contributed by atoms with Gasteiger partial charge >= 0.3 is 0 Å². The largest absolute Gasteiger partial charge is 0.394 e. The van der Waals surface area contributed by atoms with Crippen molar-refractivity contribution >= 4 is 11.8 Å². The van der Waals surface area contributed by atoms with E-state index in [-0.39, 0.29) is 5.54 Å². The molecule has 3 unspecified atom stereocenters. The fraction of sp³-hybridized carbons (Fsp3) is 1.00. The van der Waals surface area contributed by atoms with Crippen LogP contribution in [0, 0.1) is 11.8 Å². The molecule has 0 amide bonds. The average Bonchev–Trinajstić information content (AvgIpc) is 2.78. The van der Waals surface area contributed by atoms with Crippen LogP contribution in [-0.4, -0.2) is 35.3 Å². The van der Waals surface area contributed by atoms with Gasteiger partial charge in [-0.3, -0.25) is 0 Å². The van der Waals surface area contributed by atoms with Gasteiger partial charge in [0.1, 0.15) is 0 Å². The quantitative estimate of drug-likeness (QED) is 0.632. The molecule has 0 bridgehead atoms. The summed E-state index contributed by atoms with van der Waals surface area (Å²) in [6.45, 7) is 8.02. The van der Waals surface area contributed by atoms with Crippen molar-refractivity contribution < 1.29 is 5.11 Å². The zero-order valence-electron chi connectivity index (χ0n) is 12.4. The maximum Gasteiger partial charge on any atom is 0.0616 e. The Bertz CT molecular complexity index is 225. The molecule has 1 rings (SSSR count). The van der Waals surface area contributed by atoms with Crippen molar-refractivity contribution in [2.75, 3.05) is 24.7 Å². The van der Waals surface area contributed by atoms with Crippen LogP contribution in [0.5, 0.6) is 0 Å². The molecule has 1 saturated carbocycles. The molecule has 18 heavy (non-hydrogen) atoms. The summed E-state index contributed by atoms with van der Waals surface area (Å²) >= 11 is 2.09. The van der Waals surface area contributed by atoms with E-state index in [2.05, 4.69) is 37.8 Å². The predicted molar refractivity (Wildman–Crippen MR) is 82.2 cm³/mol. The molecule has 0 radical (unpaired) electrons. The van der Waals surface area contributed by atoms with Gasteiger partial charge in [0.25, 0.3) is 0 Å². The molecule has 1 aliphatic rings. The number of aliphatic hydroxyl groups excluding tert-OH is 1. The molecule has 0 spiro atoms. The zero-order valence-corrected chi connectivity index (χ0v) is 13.2. The van der Waals surface area contributed by atoms with E-state index in [1.807, 2.05) is 0 Å². The van der Waals surface area contributed by atoms with E-state index in [4.69, 9.17) is 0 Å². The summed E-state index contributed by atoms with van der Waals surface area (Å²) in [5.74, 6) is 4.06. The van der Waals surface area contributed by atoms with Gasteiger partial charge in [0, 0.05) is 5.54 Å². The van der Waals surface area contributed by atoms with Gasteiger partial charge in [-0.05, 0) is 49.1 Å². The average molecular weight is 273 g/mol. The molecule has 0 heterocycles. The number of thioether (sulfide) groups is 1. The van der Waals surface area contributed by atoms with Crippen molar-refractivity contribution in [3.05, 3.63) is 0 Å². The van der Waals surface area contributed by atoms with Crippen molar-refractivity contribution in [1.29, 1.82) is 0 Å². The number of rotatable bonds is 9. The van der Waals surface area contributed by atoms with Gasteiger partial charge in [-0.15, -0.1) is 0 Å². The first-order valence-electron chi connectivity index (χ1n) is 7.62. The third-order valence-electron chi connectivity index (χ3n) is 4.48. The summed E-state index contributed by atoms with van der Waals surface area (Å²) in [4.78, 5) is 0. The minimum absolute atomic E-state index is 0.0334. The minimum atomic E-state index is 0.0334. The highest BCUT2D eigenvalue weighted by molar-refractivity contribution is 7.99. The van der Waals surface area contributed by atoms with Gasteiger partial charge in [-0.1, -0.05) is 33.6 Å². The SMILES string of the molecule is CCNC1(CO)CCCC1CCSCC(C)CC. The second-order valence-corrected chi connectivity index (χ2v) is 6.96. The molecule has 108 valence electrons. The van der Waals surface area contributed by atoms with Crippen LogP contribution in [0.1, 0.15) is 52.9 Å². The van der Waals surface area contributed by atoms with Crippen LogP contribution in [0.15, 0.2) is 0 Å². The summed E-state index contributed by atoms with van der Waals surface area (Å²) < 4.78 is 0. The van der Waals surface area contributed by atoms with Crippen LogP contribution in [-0.2, 0) is 0 Å². The van der Waals surface area contributed by atoms with E-state index in [0.29, 0.717) is 12.5 Å². The fourth-order valence-electron chi connectivity index (χ4n) is 3.04. The molecule has 3 atom stereocenters. The lowest BCUT2D eigenvalue weighted by Gasteiger charge is -2.35. The second-order valence-electron chi connectivity index (χ2n) is 5.81. The van der Waals surface area contributed by atoms with Crippen molar-refractivity contribution in [3.63, 3.8) is 0 Å². The first-order chi connectivity index (χ1) is 8.68. The lowest BCUT2D eigenvalue weighted by Crippen LogP contribution is -2.51. The molecule has 1 aliphatic carbocycles. The zero-order chi connectivity index (χ0) is 13.4. The smallest absolute Gasteiger partial charge is 0.0616 e. The fourth-order valence-corrected chi connectivity index (χ4v) is 4.30. The van der Waals surface area contributed by atoms with Crippen LogP contribution in [0.4, 0.5) is 0 Å². The third kappa shape index (κ3) is 4.43. The van der Waals surface area contributed by atoms with Crippen molar-refractivity contribution in [2.24, 2.45) is 11.8 Å². The highest BCUT2D eigenvalue weighted by atomic mass is 32.2. The highest BCUT2D eigenvalue weighted by Crippen LogP contribution is 2.38. The standard InChI is InChI=1S/C15H31NOS/c1-4-13(3)11-18-10-8-14-7-6-9-15(14,12-17)16-5-2/h13-14,16-17H,4-12H2,1-3H3. The van der Waals surface area contributed by atoms with Crippen LogP contribution in [0.3, 0.4) is 0 Å². The molecular formula is C15H31NOS. The van der Waals surface area contributed by atoms with Crippen molar-refractivity contribution in [1.82, 2.24) is 5.32 Å². The Labute approximate surface area is 117 Å². The monoisotopic (exact) mass is 273 g/mol.